The van der Waals surface area contributed by atoms with Crippen molar-refractivity contribution in [2.45, 2.75) is 57.5 Å². The van der Waals surface area contributed by atoms with E-state index in [4.69, 9.17) is 6.57 Å². The highest BCUT2D eigenvalue weighted by Crippen LogP contribution is 2.48. The van der Waals surface area contributed by atoms with E-state index in [1.54, 1.807) is 0 Å². The number of amides is 1. The largest absolute Gasteiger partial charge is 0.337 e. The van der Waals surface area contributed by atoms with Gasteiger partial charge in [-0.3, -0.25) is 14.2 Å². The molecule has 6 rings (SSSR count). The Morgan fingerprint density at radius 3 is 2.28 bits per heavy atom. The molecule has 1 aromatic rings. The third kappa shape index (κ3) is 3.08. The number of carbonyl (C=O) groups excluding carboxylic acids is 1. The number of benzene rings is 1. The number of piperazine rings is 1. The summed E-state index contributed by atoms with van der Waals surface area (Å²) in [5.74, 6) is 0.444. The molecule has 0 spiro atoms. The molecule has 1 aromatic carbocycles. The Kier molecular flexibility index (Phi) is 4.68. The van der Waals surface area contributed by atoms with Crippen LogP contribution in [0.2, 0.25) is 0 Å². The van der Waals surface area contributed by atoms with Crippen LogP contribution < -0.4 is 4.48 Å². The van der Waals surface area contributed by atoms with Crippen molar-refractivity contribution in [3.63, 3.8) is 0 Å². The minimum Gasteiger partial charge on any atom is -0.337 e. The third-order valence-corrected chi connectivity index (χ3v) is 8.55. The fraction of sp³-hybridized carbons (Fsp3) is 0.667. The first-order valence-electron chi connectivity index (χ1n) is 11.4. The van der Waals surface area contributed by atoms with E-state index in [2.05, 4.69) is 33.7 Å². The molecule has 1 aliphatic carbocycles. The predicted molar refractivity (Wildman–Crippen MR) is 116 cm³/mol. The van der Waals surface area contributed by atoms with Crippen molar-refractivity contribution in [3.8, 4) is 0 Å². The normalized spacial score (nSPS) is 35.2. The number of rotatable bonds is 3. The molecule has 1 amide bonds. The molecule has 154 valence electrons. The van der Waals surface area contributed by atoms with Crippen LogP contribution in [0.25, 0.3) is 4.85 Å². The van der Waals surface area contributed by atoms with Gasteiger partial charge in [0.2, 0.25) is 5.91 Å². The van der Waals surface area contributed by atoms with Gasteiger partial charge in [0, 0.05) is 51.0 Å². The van der Waals surface area contributed by atoms with Crippen molar-refractivity contribution in [2.24, 2.45) is 5.41 Å². The summed E-state index contributed by atoms with van der Waals surface area (Å²) in [5, 5.41) is 0. The molecule has 1 atom stereocenters. The Labute approximate surface area is 174 Å². The second-order valence-electron chi connectivity index (χ2n) is 9.90. The number of piperidine rings is 3. The van der Waals surface area contributed by atoms with E-state index in [1.807, 2.05) is 12.1 Å². The number of nitrogens with zero attached hydrogens (tertiary/aromatic N) is 4. The third-order valence-electron chi connectivity index (χ3n) is 8.55. The lowest BCUT2D eigenvalue weighted by Crippen LogP contribution is -2.68. The average Bonchev–Trinajstić information content (AvgIpc) is 2.73. The Morgan fingerprint density at radius 2 is 1.76 bits per heavy atom. The number of hydrogen-bond acceptors (Lipinski definition) is 2. The van der Waals surface area contributed by atoms with Crippen molar-refractivity contribution < 1.29 is 4.79 Å². The zero-order chi connectivity index (χ0) is 20.1. The molecule has 5 fully saturated rings. The second-order valence-corrected chi connectivity index (χ2v) is 9.90. The summed E-state index contributed by atoms with van der Waals surface area (Å²) in [5.41, 5.74) is 1.91. The summed E-state index contributed by atoms with van der Waals surface area (Å²) in [7, 11) is 0. The van der Waals surface area contributed by atoms with E-state index in [9.17, 15) is 4.79 Å². The summed E-state index contributed by atoms with van der Waals surface area (Å²) in [6, 6.07) is 9.28. The van der Waals surface area contributed by atoms with Crippen LogP contribution in [0.15, 0.2) is 24.3 Å². The molecule has 0 aromatic heterocycles. The van der Waals surface area contributed by atoms with Gasteiger partial charge < -0.3 is 4.90 Å². The zero-order valence-electron chi connectivity index (χ0n) is 17.6. The topological polar surface area (TPSA) is 27.9 Å². The fourth-order valence-electron chi connectivity index (χ4n) is 6.22. The van der Waals surface area contributed by atoms with Gasteiger partial charge in [-0.1, -0.05) is 18.6 Å². The lowest BCUT2D eigenvalue weighted by atomic mass is 9.69. The van der Waals surface area contributed by atoms with Gasteiger partial charge in [0.15, 0.2) is 5.69 Å². The van der Waals surface area contributed by atoms with Crippen molar-refractivity contribution in [3.05, 3.63) is 35.7 Å². The van der Waals surface area contributed by atoms with E-state index in [1.165, 1.54) is 24.9 Å². The molecule has 0 radical (unpaired) electrons. The first-order chi connectivity index (χ1) is 14.1. The van der Waals surface area contributed by atoms with E-state index in [0.29, 0.717) is 17.6 Å². The van der Waals surface area contributed by atoms with Crippen LogP contribution in [0, 0.1) is 12.0 Å². The molecule has 1 saturated carbocycles. The van der Waals surface area contributed by atoms with Crippen molar-refractivity contribution in [2.75, 3.05) is 39.3 Å². The summed E-state index contributed by atoms with van der Waals surface area (Å²) < 4.78 is 0.998. The van der Waals surface area contributed by atoms with Crippen LogP contribution >= 0.6 is 0 Å². The molecule has 4 saturated heterocycles. The molecule has 2 bridgehead atoms. The highest BCUT2D eigenvalue weighted by Gasteiger charge is 2.55. The monoisotopic (exact) mass is 393 g/mol. The molecule has 5 aliphatic rings. The molecule has 5 heteroatoms. The Morgan fingerprint density at radius 1 is 1.10 bits per heavy atom. The predicted octanol–water partition coefficient (Wildman–Crippen LogP) is 3.81. The van der Waals surface area contributed by atoms with E-state index in [0.717, 1.165) is 69.1 Å². The van der Waals surface area contributed by atoms with Gasteiger partial charge >= 0.3 is 0 Å². The maximum atomic E-state index is 13.7. The molecular weight excluding hydrogens is 360 g/mol. The maximum Gasteiger partial charge on any atom is 0.229 e. The van der Waals surface area contributed by atoms with E-state index < -0.39 is 0 Å². The van der Waals surface area contributed by atoms with Crippen LogP contribution in [0.1, 0.15) is 45.4 Å². The van der Waals surface area contributed by atoms with Crippen LogP contribution in [-0.2, 0) is 4.79 Å². The maximum absolute atomic E-state index is 13.7. The lowest BCUT2D eigenvalue weighted by Gasteiger charge is -2.55. The first-order valence-corrected chi connectivity index (χ1v) is 11.4. The standard InChI is InChI=1S/C24H33N4O/c1-19-18-26(21-4-3-5-21)13-14-27(19)23(29)24-10-15-28(16-11-24,17-12-24)22-8-6-20(25-2)7-9-22/h6-9,19,21H,3-5,10-18H2,1H3/q+1/t19-,24?,28?/m0/s1. The number of quaternary nitrogens is 1. The van der Waals surface area contributed by atoms with Crippen LogP contribution in [0.5, 0.6) is 0 Å². The van der Waals surface area contributed by atoms with Crippen molar-refractivity contribution in [1.29, 1.82) is 0 Å². The van der Waals surface area contributed by atoms with Crippen LogP contribution in [0.4, 0.5) is 11.4 Å². The summed E-state index contributed by atoms with van der Waals surface area (Å²) in [4.78, 5) is 22.1. The Balaban J connectivity index is 1.26. The van der Waals surface area contributed by atoms with Gasteiger partial charge in [-0.05, 0) is 31.9 Å². The van der Waals surface area contributed by atoms with E-state index in [-0.39, 0.29) is 5.41 Å². The summed E-state index contributed by atoms with van der Waals surface area (Å²) in [6.45, 7) is 15.6. The second kappa shape index (κ2) is 7.11. The molecule has 4 heterocycles. The number of carbonyl (C=O) groups is 1. The highest BCUT2D eigenvalue weighted by atomic mass is 16.2. The van der Waals surface area contributed by atoms with Gasteiger partial charge in [0.1, 0.15) is 5.69 Å². The molecule has 4 aliphatic heterocycles. The quantitative estimate of drug-likeness (QED) is 0.577. The first kappa shape index (κ1) is 19.1. The van der Waals surface area contributed by atoms with Gasteiger partial charge in [0.05, 0.1) is 31.6 Å². The smallest absolute Gasteiger partial charge is 0.229 e. The van der Waals surface area contributed by atoms with Crippen molar-refractivity contribution in [1.82, 2.24) is 14.3 Å². The molecule has 0 unspecified atom stereocenters. The molecular formula is C24H33N4O+. The number of hydrogen-bond donors (Lipinski definition) is 0. The van der Waals surface area contributed by atoms with E-state index >= 15 is 0 Å². The molecule has 5 nitrogen and oxygen atoms in total. The number of fused-ring (bicyclic) bond motifs is 3. The average molecular weight is 394 g/mol. The van der Waals surface area contributed by atoms with Crippen LogP contribution in [-0.4, -0.2) is 67.1 Å². The summed E-state index contributed by atoms with van der Waals surface area (Å²) in [6.07, 6.45) is 7.09. The van der Waals surface area contributed by atoms with Crippen molar-refractivity contribution >= 4 is 17.3 Å². The highest BCUT2D eigenvalue weighted by molar-refractivity contribution is 5.84. The Bertz CT molecular complexity index is 798. The zero-order valence-corrected chi connectivity index (χ0v) is 17.6. The van der Waals surface area contributed by atoms with Gasteiger partial charge in [-0.2, -0.15) is 0 Å². The van der Waals surface area contributed by atoms with Crippen LogP contribution in [0.3, 0.4) is 0 Å². The van der Waals surface area contributed by atoms with Gasteiger partial charge in [-0.25, -0.2) is 4.85 Å². The van der Waals surface area contributed by atoms with Gasteiger partial charge in [-0.15, -0.1) is 0 Å². The molecule has 0 N–H and O–H groups in total. The minimum atomic E-state index is -0.122. The van der Waals surface area contributed by atoms with Gasteiger partial charge in [0.25, 0.3) is 0 Å². The lowest BCUT2D eigenvalue weighted by molar-refractivity contribution is -0.154. The summed E-state index contributed by atoms with van der Waals surface area (Å²) >= 11 is 0. The Hall–Kier alpha value is -1.90. The molecule has 29 heavy (non-hydrogen) atoms. The fourth-order valence-corrected chi connectivity index (χ4v) is 6.22. The SMILES string of the molecule is [C-]#[N+]c1ccc([N+]23CCC(C(=O)N4CCN(C5CCC5)C[C@@H]4C)(CC2)CC3)cc1. The minimum absolute atomic E-state index is 0.122.